The van der Waals surface area contributed by atoms with Crippen LogP contribution in [0.15, 0.2) is 36.5 Å². The number of carbonyl (C=O) groups excluding carboxylic acids is 1. The summed E-state index contributed by atoms with van der Waals surface area (Å²) >= 11 is 0. The second-order valence-corrected chi connectivity index (χ2v) is 5.15. The van der Waals surface area contributed by atoms with Gasteiger partial charge in [-0.1, -0.05) is 18.2 Å². The monoisotopic (exact) mass is 311 g/mol. The highest BCUT2D eigenvalue weighted by Crippen LogP contribution is 2.16. The van der Waals surface area contributed by atoms with E-state index in [0.29, 0.717) is 36.8 Å². The topological polar surface area (TPSA) is 103 Å². The van der Waals surface area contributed by atoms with E-state index in [1.54, 1.807) is 24.4 Å². The lowest BCUT2D eigenvalue weighted by atomic mass is 10.1. The van der Waals surface area contributed by atoms with E-state index in [1.807, 2.05) is 18.2 Å². The molecule has 6 nitrogen and oxygen atoms in total. The summed E-state index contributed by atoms with van der Waals surface area (Å²) in [7, 11) is 0. The molecule has 0 bridgehead atoms. The van der Waals surface area contributed by atoms with Crippen molar-refractivity contribution in [3.63, 3.8) is 0 Å². The Morgan fingerprint density at radius 2 is 2.04 bits per heavy atom. The minimum absolute atomic E-state index is 0.293. The zero-order chi connectivity index (χ0) is 16.7. The second kappa shape index (κ2) is 7.90. The molecule has 0 spiro atoms. The van der Waals surface area contributed by atoms with Gasteiger partial charge in [-0.2, -0.15) is 5.26 Å². The molecule has 2 rings (SSSR count). The first-order valence-corrected chi connectivity index (χ1v) is 7.38. The number of benzene rings is 1. The molecule has 0 aliphatic rings. The van der Waals surface area contributed by atoms with E-state index in [1.165, 1.54) is 0 Å². The number of aromatic nitrogens is 1. The second-order valence-electron chi connectivity index (χ2n) is 5.15. The third-order valence-electron chi connectivity index (χ3n) is 3.51. The SMILES string of the molecule is N#CCCCC[C@@H](NC(=O)c1cccc2cccnc12)C(=O)O. The van der Waals surface area contributed by atoms with Crippen LogP contribution in [0.25, 0.3) is 10.9 Å². The number of carbonyl (C=O) groups is 2. The summed E-state index contributed by atoms with van der Waals surface area (Å²) in [6.07, 6.45) is 3.45. The summed E-state index contributed by atoms with van der Waals surface area (Å²) in [6, 6.07) is 9.87. The molecule has 23 heavy (non-hydrogen) atoms. The normalized spacial score (nSPS) is 11.6. The minimum atomic E-state index is -1.08. The molecule has 0 aliphatic carbocycles. The summed E-state index contributed by atoms with van der Waals surface area (Å²) in [6.45, 7) is 0. The molecule has 2 N–H and O–H groups in total. The smallest absolute Gasteiger partial charge is 0.326 e. The van der Waals surface area contributed by atoms with Crippen LogP contribution < -0.4 is 5.32 Å². The van der Waals surface area contributed by atoms with Gasteiger partial charge >= 0.3 is 5.97 Å². The molecule has 0 aliphatic heterocycles. The molecule has 1 amide bonds. The molecule has 0 radical (unpaired) electrons. The molecule has 0 unspecified atom stereocenters. The molecular weight excluding hydrogens is 294 g/mol. The van der Waals surface area contributed by atoms with E-state index in [2.05, 4.69) is 10.3 Å². The Balaban J connectivity index is 2.11. The van der Waals surface area contributed by atoms with Gasteiger partial charge in [0.25, 0.3) is 5.91 Å². The van der Waals surface area contributed by atoms with Crippen molar-refractivity contribution in [2.45, 2.75) is 31.7 Å². The van der Waals surface area contributed by atoms with Crippen LogP contribution in [0, 0.1) is 11.3 Å². The molecule has 1 aromatic carbocycles. The lowest BCUT2D eigenvalue weighted by Crippen LogP contribution is -2.40. The average molecular weight is 311 g/mol. The maximum atomic E-state index is 12.4. The molecule has 1 heterocycles. The Morgan fingerprint density at radius 3 is 2.78 bits per heavy atom. The summed E-state index contributed by atoms with van der Waals surface area (Å²) in [5.41, 5.74) is 0.896. The number of nitrogens with zero attached hydrogens (tertiary/aromatic N) is 2. The van der Waals surface area contributed by atoms with E-state index < -0.39 is 17.9 Å². The Kier molecular flexibility index (Phi) is 5.64. The van der Waals surface area contributed by atoms with Crippen molar-refractivity contribution in [2.75, 3.05) is 0 Å². The number of amides is 1. The first-order chi connectivity index (χ1) is 11.1. The molecular formula is C17H17N3O3. The van der Waals surface area contributed by atoms with Crippen molar-refractivity contribution >= 4 is 22.8 Å². The summed E-state index contributed by atoms with van der Waals surface area (Å²) in [5.74, 6) is -1.54. The first kappa shape index (κ1) is 16.4. The summed E-state index contributed by atoms with van der Waals surface area (Å²) in [4.78, 5) is 27.9. The highest BCUT2D eigenvalue weighted by atomic mass is 16.4. The molecule has 2 aromatic rings. The standard InChI is InChI=1S/C17H17N3O3/c18-10-3-1-2-9-14(17(22)23)20-16(21)13-8-4-6-12-7-5-11-19-15(12)13/h4-8,11,14H,1-3,9H2,(H,20,21)(H,22,23)/t14-/m1/s1. The van der Waals surface area contributed by atoms with Crippen LogP contribution in [0.5, 0.6) is 0 Å². The zero-order valence-corrected chi connectivity index (χ0v) is 12.5. The predicted molar refractivity (Wildman–Crippen MR) is 84.7 cm³/mol. The van der Waals surface area contributed by atoms with Crippen LogP contribution >= 0.6 is 0 Å². The Bertz CT molecular complexity index is 747. The van der Waals surface area contributed by atoms with Crippen molar-refractivity contribution in [3.05, 3.63) is 42.1 Å². The van der Waals surface area contributed by atoms with Crippen molar-refractivity contribution in [1.29, 1.82) is 5.26 Å². The molecule has 1 aromatic heterocycles. The number of carboxylic acids is 1. The van der Waals surface area contributed by atoms with Gasteiger partial charge in [0, 0.05) is 18.0 Å². The van der Waals surface area contributed by atoms with Gasteiger partial charge in [0.05, 0.1) is 17.1 Å². The average Bonchev–Trinajstić information content (AvgIpc) is 2.56. The molecule has 0 saturated carbocycles. The highest BCUT2D eigenvalue weighted by molar-refractivity contribution is 6.06. The van der Waals surface area contributed by atoms with Crippen molar-refractivity contribution < 1.29 is 14.7 Å². The molecule has 118 valence electrons. The van der Waals surface area contributed by atoms with Gasteiger partial charge in [-0.15, -0.1) is 0 Å². The Hall–Kier alpha value is -2.94. The largest absolute Gasteiger partial charge is 0.480 e. The van der Waals surface area contributed by atoms with Gasteiger partial charge in [0.15, 0.2) is 0 Å². The number of unbranched alkanes of at least 4 members (excludes halogenated alkanes) is 2. The number of carboxylic acid groups (broad SMARTS) is 1. The quantitative estimate of drug-likeness (QED) is 0.765. The number of hydrogen-bond acceptors (Lipinski definition) is 4. The summed E-state index contributed by atoms with van der Waals surface area (Å²) in [5, 5.41) is 21.1. The van der Waals surface area contributed by atoms with Gasteiger partial charge in [-0.25, -0.2) is 4.79 Å². The van der Waals surface area contributed by atoms with E-state index in [0.717, 1.165) is 5.39 Å². The maximum Gasteiger partial charge on any atom is 0.326 e. The van der Waals surface area contributed by atoms with Gasteiger partial charge in [0.2, 0.25) is 0 Å². The van der Waals surface area contributed by atoms with E-state index in [-0.39, 0.29) is 0 Å². The fraction of sp³-hybridized carbons (Fsp3) is 0.294. The zero-order valence-electron chi connectivity index (χ0n) is 12.5. The number of pyridine rings is 1. The highest BCUT2D eigenvalue weighted by Gasteiger charge is 2.21. The lowest BCUT2D eigenvalue weighted by Gasteiger charge is -2.14. The van der Waals surface area contributed by atoms with Gasteiger partial charge < -0.3 is 10.4 Å². The van der Waals surface area contributed by atoms with Crippen LogP contribution in [0.3, 0.4) is 0 Å². The molecule has 1 atom stereocenters. The molecule has 6 heteroatoms. The van der Waals surface area contributed by atoms with E-state index >= 15 is 0 Å². The number of fused-ring (bicyclic) bond motifs is 1. The van der Waals surface area contributed by atoms with Gasteiger partial charge in [0.1, 0.15) is 6.04 Å². The number of rotatable bonds is 7. The molecule has 0 fully saturated rings. The van der Waals surface area contributed by atoms with Crippen LogP contribution in [-0.4, -0.2) is 28.0 Å². The number of nitriles is 1. The number of para-hydroxylation sites is 1. The van der Waals surface area contributed by atoms with E-state index in [4.69, 9.17) is 5.26 Å². The fourth-order valence-corrected chi connectivity index (χ4v) is 2.33. The van der Waals surface area contributed by atoms with Gasteiger partial charge in [-0.05, 0) is 31.4 Å². The van der Waals surface area contributed by atoms with Crippen LogP contribution in [0.4, 0.5) is 0 Å². The third kappa shape index (κ3) is 4.27. The third-order valence-corrected chi connectivity index (χ3v) is 3.51. The Morgan fingerprint density at radius 1 is 1.26 bits per heavy atom. The van der Waals surface area contributed by atoms with Crippen LogP contribution in [0.2, 0.25) is 0 Å². The maximum absolute atomic E-state index is 12.4. The number of hydrogen-bond donors (Lipinski definition) is 2. The number of nitrogens with one attached hydrogen (secondary N) is 1. The van der Waals surface area contributed by atoms with Crippen LogP contribution in [0.1, 0.15) is 36.0 Å². The van der Waals surface area contributed by atoms with Crippen LogP contribution in [-0.2, 0) is 4.79 Å². The van der Waals surface area contributed by atoms with Gasteiger partial charge in [-0.3, -0.25) is 9.78 Å². The lowest BCUT2D eigenvalue weighted by molar-refractivity contribution is -0.139. The number of aliphatic carboxylic acids is 1. The predicted octanol–water partition coefficient (Wildman–Crippen LogP) is 2.50. The minimum Gasteiger partial charge on any atom is -0.480 e. The van der Waals surface area contributed by atoms with Crippen molar-refractivity contribution in [2.24, 2.45) is 0 Å². The van der Waals surface area contributed by atoms with Crippen molar-refractivity contribution in [1.82, 2.24) is 10.3 Å². The van der Waals surface area contributed by atoms with Crippen molar-refractivity contribution in [3.8, 4) is 6.07 Å². The molecule has 0 saturated heterocycles. The summed E-state index contributed by atoms with van der Waals surface area (Å²) < 4.78 is 0. The van der Waals surface area contributed by atoms with E-state index in [9.17, 15) is 14.7 Å². The first-order valence-electron chi connectivity index (χ1n) is 7.38. The fourth-order valence-electron chi connectivity index (χ4n) is 2.33. The Labute approximate surface area is 133 Å².